The Balaban J connectivity index is 1.57. The van der Waals surface area contributed by atoms with Crippen LogP contribution in [0.3, 0.4) is 0 Å². The third-order valence-corrected chi connectivity index (χ3v) is 4.97. The molecule has 2 aromatic carbocycles. The SMILES string of the molecule is O=C(c1snnc1-c1ccccc1)N1CCOC(c2ccccc2)C1. The molecule has 6 heteroatoms. The molecular weight excluding hydrogens is 334 g/mol. The molecule has 0 saturated carbocycles. The molecule has 1 atom stereocenters. The summed E-state index contributed by atoms with van der Waals surface area (Å²) < 4.78 is 9.86. The van der Waals surface area contributed by atoms with Gasteiger partial charge in [0.1, 0.15) is 16.7 Å². The quantitative estimate of drug-likeness (QED) is 0.725. The number of carbonyl (C=O) groups excluding carboxylic acids is 1. The number of morpholine rings is 1. The monoisotopic (exact) mass is 351 g/mol. The second-order valence-corrected chi connectivity index (χ2v) is 6.59. The summed E-state index contributed by atoms with van der Waals surface area (Å²) in [5.74, 6) is -0.0296. The van der Waals surface area contributed by atoms with Crippen LogP contribution in [-0.2, 0) is 4.74 Å². The van der Waals surface area contributed by atoms with Gasteiger partial charge in [-0.25, -0.2) is 0 Å². The minimum Gasteiger partial charge on any atom is -0.370 e. The molecule has 0 aliphatic carbocycles. The number of ether oxygens (including phenoxy) is 1. The van der Waals surface area contributed by atoms with Crippen LogP contribution in [0, 0.1) is 0 Å². The Labute approximate surface area is 150 Å². The highest BCUT2D eigenvalue weighted by Crippen LogP contribution is 2.28. The van der Waals surface area contributed by atoms with Crippen molar-refractivity contribution in [3.8, 4) is 11.3 Å². The first-order chi connectivity index (χ1) is 12.3. The van der Waals surface area contributed by atoms with Crippen LogP contribution in [0.15, 0.2) is 60.7 Å². The van der Waals surface area contributed by atoms with E-state index >= 15 is 0 Å². The fourth-order valence-corrected chi connectivity index (χ4v) is 3.62. The van der Waals surface area contributed by atoms with Gasteiger partial charge in [0.05, 0.1) is 13.2 Å². The van der Waals surface area contributed by atoms with Gasteiger partial charge in [0.2, 0.25) is 0 Å². The summed E-state index contributed by atoms with van der Waals surface area (Å²) >= 11 is 1.15. The Morgan fingerprint density at radius 1 is 1.08 bits per heavy atom. The highest BCUT2D eigenvalue weighted by molar-refractivity contribution is 7.08. The maximum Gasteiger partial charge on any atom is 0.268 e. The van der Waals surface area contributed by atoms with E-state index in [1.807, 2.05) is 65.6 Å². The van der Waals surface area contributed by atoms with Crippen LogP contribution in [-0.4, -0.2) is 40.1 Å². The summed E-state index contributed by atoms with van der Waals surface area (Å²) in [6.07, 6.45) is -0.0973. The molecular formula is C19H17N3O2S. The summed E-state index contributed by atoms with van der Waals surface area (Å²) in [4.78, 5) is 15.5. The maximum absolute atomic E-state index is 13.0. The molecule has 1 aromatic heterocycles. The van der Waals surface area contributed by atoms with E-state index in [0.717, 1.165) is 22.7 Å². The Kier molecular flexibility index (Phi) is 4.54. The summed E-state index contributed by atoms with van der Waals surface area (Å²) in [5, 5.41) is 4.17. The summed E-state index contributed by atoms with van der Waals surface area (Å²) in [5.41, 5.74) is 2.65. The Morgan fingerprint density at radius 3 is 2.56 bits per heavy atom. The lowest BCUT2D eigenvalue weighted by molar-refractivity contribution is -0.0226. The van der Waals surface area contributed by atoms with E-state index in [2.05, 4.69) is 9.59 Å². The zero-order valence-corrected chi connectivity index (χ0v) is 14.4. The number of rotatable bonds is 3. The lowest BCUT2D eigenvalue weighted by Gasteiger charge is -2.33. The van der Waals surface area contributed by atoms with Crippen molar-refractivity contribution >= 4 is 17.4 Å². The lowest BCUT2D eigenvalue weighted by atomic mass is 10.1. The summed E-state index contributed by atoms with van der Waals surface area (Å²) in [6.45, 7) is 1.64. The van der Waals surface area contributed by atoms with Gasteiger partial charge >= 0.3 is 0 Å². The Morgan fingerprint density at radius 2 is 1.80 bits per heavy atom. The molecule has 1 fully saturated rings. The number of aromatic nitrogens is 2. The van der Waals surface area contributed by atoms with E-state index in [1.54, 1.807) is 0 Å². The topological polar surface area (TPSA) is 55.3 Å². The van der Waals surface area contributed by atoms with Crippen molar-refractivity contribution in [3.05, 3.63) is 71.1 Å². The van der Waals surface area contributed by atoms with Crippen molar-refractivity contribution in [2.45, 2.75) is 6.10 Å². The standard InChI is InChI=1S/C19H17N3O2S/c23-19(18-17(20-21-25-18)15-9-5-2-6-10-15)22-11-12-24-16(13-22)14-7-3-1-4-8-14/h1-10,16H,11-13H2. The minimum absolute atomic E-state index is 0.0296. The number of amides is 1. The van der Waals surface area contributed by atoms with Gasteiger partial charge in [-0.15, -0.1) is 5.10 Å². The molecule has 4 rings (SSSR count). The van der Waals surface area contributed by atoms with Gasteiger partial charge in [0, 0.05) is 12.1 Å². The predicted molar refractivity (Wildman–Crippen MR) is 96.4 cm³/mol. The van der Waals surface area contributed by atoms with Crippen LogP contribution in [0.2, 0.25) is 0 Å². The first kappa shape index (κ1) is 15.9. The van der Waals surface area contributed by atoms with E-state index in [0.29, 0.717) is 30.3 Å². The molecule has 1 aliphatic rings. The van der Waals surface area contributed by atoms with Gasteiger partial charge in [0.15, 0.2) is 0 Å². The second kappa shape index (κ2) is 7.13. The van der Waals surface area contributed by atoms with Gasteiger partial charge in [0.25, 0.3) is 5.91 Å². The lowest BCUT2D eigenvalue weighted by Crippen LogP contribution is -2.42. The molecule has 0 radical (unpaired) electrons. The van der Waals surface area contributed by atoms with Crippen LogP contribution in [0.25, 0.3) is 11.3 Å². The summed E-state index contributed by atoms with van der Waals surface area (Å²) in [6, 6.07) is 19.7. The molecule has 1 amide bonds. The smallest absolute Gasteiger partial charge is 0.268 e. The molecule has 5 nitrogen and oxygen atoms in total. The highest BCUT2D eigenvalue weighted by atomic mass is 32.1. The molecule has 1 saturated heterocycles. The van der Waals surface area contributed by atoms with Crippen molar-refractivity contribution in [1.82, 2.24) is 14.5 Å². The summed E-state index contributed by atoms with van der Waals surface area (Å²) in [7, 11) is 0. The van der Waals surface area contributed by atoms with Gasteiger partial charge in [-0.3, -0.25) is 4.79 Å². The maximum atomic E-state index is 13.0. The van der Waals surface area contributed by atoms with Crippen molar-refractivity contribution < 1.29 is 9.53 Å². The van der Waals surface area contributed by atoms with Crippen molar-refractivity contribution in [2.75, 3.05) is 19.7 Å². The van der Waals surface area contributed by atoms with Crippen LogP contribution in [0.4, 0.5) is 0 Å². The van der Waals surface area contributed by atoms with Crippen LogP contribution >= 0.6 is 11.5 Å². The molecule has 3 aromatic rings. The first-order valence-corrected chi connectivity index (χ1v) is 8.94. The average Bonchev–Trinajstić information content (AvgIpc) is 3.19. The van der Waals surface area contributed by atoms with Crippen LogP contribution < -0.4 is 0 Å². The first-order valence-electron chi connectivity index (χ1n) is 8.16. The van der Waals surface area contributed by atoms with Crippen molar-refractivity contribution in [1.29, 1.82) is 0 Å². The Hall–Kier alpha value is -2.57. The van der Waals surface area contributed by atoms with Gasteiger partial charge in [-0.05, 0) is 17.1 Å². The predicted octanol–water partition coefficient (Wildman–Crippen LogP) is 3.42. The zero-order chi connectivity index (χ0) is 17.1. The van der Waals surface area contributed by atoms with Gasteiger partial charge in [-0.2, -0.15) is 0 Å². The zero-order valence-electron chi connectivity index (χ0n) is 13.5. The molecule has 2 heterocycles. The average molecular weight is 351 g/mol. The molecule has 0 spiro atoms. The van der Waals surface area contributed by atoms with Gasteiger partial charge < -0.3 is 9.64 Å². The molecule has 0 N–H and O–H groups in total. The molecule has 126 valence electrons. The van der Waals surface area contributed by atoms with E-state index in [9.17, 15) is 4.79 Å². The number of carbonyl (C=O) groups is 1. The fraction of sp³-hybridized carbons (Fsp3) is 0.211. The van der Waals surface area contributed by atoms with E-state index in [-0.39, 0.29) is 12.0 Å². The minimum atomic E-state index is -0.0973. The van der Waals surface area contributed by atoms with Crippen LogP contribution in [0.5, 0.6) is 0 Å². The van der Waals surface area contributed by atoms with Gasteiger partial charge in [-0.1, -0.05) is 65.2 Å². The van der Waals surface area contributed by atoms with Crippen LogP contribution in [0.1, 0.15) is 21.3 Å². The van der Waals surface area contributed by atoms with Crippen molar-refractivity contribution in [3.63, 3.8) is 0 Å². The number of benzene rings is 2. The second-order valence-electron chi connectivity index (χ2n) is 5.84. The normalized spacial score (nSPS) is 17.4. The highest BCUT2D eigenvalue weighted by Gasteiger charge is 2.29. The van der Waals surface area contributed by atoms with E-state index in [4.69, 9.17) is 4.74 Å². The number of nitrogens with zero attached hydrogens (tertiary/aromatic N) is 3. The molecule has 0 bridgehead atoms. The largest absolute Gasteiger partial charge is 0.370 e. The van der Waals surface area contributed by atoms with E-state index < -0.39 is 0 Å². The third kappa shape index (κ3) is 3.31. The number of hydrogen-bond donors (Lipinski definition) is 0. The Bertz CT molecular complexity index is 851. The fourth-order valence-electron chi connectivity index (χ4n) is 2.96. The molecule has 1 unspecified atom stereocenters. The number of hydrogen-bond acceptors (Lipinski definition) is 5. The third-order valence-electron chi connectivity index (χ3n) is 4.25. The molecule has 1 aliphatic heterocycles. The molecule has 25 heavy (non-hydrogen) atoms. The van der Waals surface area contributed by atoms with Crippen molar-refractivity contribution in [2.24, 2.45) is 0 Å². The van der Waals surface area contributed by atoms with E-state index in [1.165, 1.54) is 0 Å².